The largest absolute Gasteiger partial charge is 0.382 e. The number of halogens is 1. The highest BCUT2D eigenvalue weighted by molar-refractivity contribution is 6.18. The average molecular weight is 215 g/mol. The molecule has 1 aliphatic rings. The Bertz CT molecular complexity index is 354. The fraction of sp³-hybridized carbons (Fsp3) is 0.429. The Labute approximate surface area is 86.0 Å². The van der Waals surface area contributed by atoms with Crippen molar-refractivity contribution in [3.63, 3.8) is 0 Å². The standard InChI is InChI=1S/C7H11ClN6/c8-1-3-2-11-6-4(12-3)5(9)13-7(10)14-6/h3,12H,1-2H2,(H5,9,10,11,13,14). The number of hydrogen-bond donors (Lipinski definition) is 4. The predicted octanol–water partition coefficient (Wildman–Crippen LogP) is 0.0858. The molecular weight excluding hydrogens is 204 g/mol. The monoisotopic (exact) mass is 214 g/mol. The van der Waals surface area contributed by atoms with Crippen LogP contribution in [0.1, 0.15) is 0 Å². The van der Waals surface area contributed by atoms with Crippen LogP contribution in [0.4, 0.5) is 23.3 Å². The molecule has 2 rings (SSSR count). The molecule has 0 saturated heterocycles. The lowest BCUT2D eigenvalue weighted by atomic mass is 10.2. The lowest BCUT2D eigenvalue weighted by molar-refractivity contribution is 0.815. The Morgan fingerprint density at radius 3 is 2.93 bits per heavy atom. The third-order valence-corrected chi connectivity index (χ3v) is 2.38. The number of nitrogens with two attached hydrogens (primary N) is 2. The highest BCUT2D eigenvalue weighted by Gasteiger charge is 2.20. The molecule has 1 aromatic rings. The number of aromatic nitrogens is 2. The SMILES string of the molecule is Nc1nc(N)c2c(n1)NCC(CCl)N2. The Hall–Kier alpha value is -1.43. The molecule has 0 radical (unpaired) electrons. The second-order valence-electron chi connectivity index (χ2n) is 3.07. The first kappa shape index (κ1) is 9.14. The summed E-state index contributed by atoms with van der Waals surface area (Å²) in [5.41, 5.74) is 11.8. The van der Waals surface area contributed by atoms with Gasteiger partial charge in [-0.25, -0.2) is 0 Å². The number of fused-ring (bicyclic) bond motifs is 1. The molecule has 0 fully saturated rings. The number of anilines is 4. The lowest BCUT2D eigenvalue weighted by Gasteiger charge is -2.26. The van der Waals surface area contributed by atoms with E-state index in [0.717, 1.165) is 0 Å². The number of nitrogens with one attached hydrogen (secondary N) is 2. The molecule has 0 saturated carbocycles. The maximum Gasteiger partial charge on any atom is 0.224 e. The van der Waals surface area contributed by atoms with Crippen LogP contribution < -0.4 is 22.1 Å². The van der Waals surface area contributed by atoms with Crippen LogP contribution in [0.3, 0.4) is 0 Å². The first-order valence-corrected chi connectivity index (χ1v) is 4.73. The molecule has 2 heterocycles. The third-order valence-electron chi connectivity index (χ3n) is 2.00. The highest BCUT2D eigenvalue weighted by atomic mass is 35.5. The zero-order valence-corrected chi connectivity index (χ0v) is 8.17. The molecule has 7 heteroatoms. The van der Waals surface area contributed by atoms with Crippen LogP contribution in [0.15, 0.2) is 0 Å². The van der Waals surface area contributed by atoms with Crippen molar-refractivity contribution in [3.8, 4) is 0 Å². The van der Waals surface area contributed by atoms with Gasteiger partial charge in [-0.2, -0.15) is 9.97 Å². The average Bonchev–Trinajstić information content (AvgIpc) is 2.17. The van der Waals surface area contributed by atoms with E-state index in [4.69, 9.17) is 23.1 Å². The summed E-state index contributed by atoms with van der Waals surface area (Å²) >= 11 is 5.72. The lowest BCUT2D eigenvalue weighted by Crippen LogP contribution is -2.35. The van der Waals surface area contributed by atoms with Gasteiger partial charge in [-0.15, -0.1) is 11.6 Å². The fourth-order valence-corrected chi connectivity index (χ4v) is 1.52. The van der Waals surface area contributed by atoms with Crippen LogP contribution in [0, 0.1) is 0 Å². The Morgan fingerprint density at radius 1 is 1.43 bits per heavy atom. The van der Waals surface area contributed by atoms with Gasteiger partial charge in [0.25, 0.3) is 0 Å². The van der Waals surface area contributed by atoms with Gasteiger partial charge >= 0.3 is 0 Å². The minimum absolute atomic E-state index is 0.138. The molecule has 1 atom stereocenters. The molecule has 6 N–H and O–H groups in total. The second-order valence-corrected chi connectivity index (χ2v) is 3.38. The Morgan fingerprint density at radius 2 is 2.21 bits per heavy atom. The zero-order chi connectivity index (χ0) is 10.1. The van der Waals surface area contributed by atoms with Gasteiger partial charge in [-0.3, -0.25) is 0 Å². The van der Waals surface area contributed by atoms with Crippen LogP contribution in [-0.4, -0.2) is 28.4 Å². The summed E-state index contributed by atoms with van der Waals surface area (Å²) in [6, 6.07) is 0.138. The van der Waals surface area contributed by atoms with Crippen molar-refractivity contribution in [3.05, 3.63) is 0 Å². The molecule has 76 valence electrons. The van der Waals surface area contributed by atoms with Crippen LogP contribution in [-0.2, 0) is 0 Å². The smallest absolute Gasteiger partial charge is 0.224 e. The van der Waals surface area contributed by atoms with Gasteiger partial charge in [-0.05, 0) is 0 Å². The van der Waals surface area contributed by atoms with Gasteiger partial charge in [0.05, 0.1) is 6.04 Å². The van der Waals surface area contributed by atoms with E-state index in [0.29, 0.717) is 29.7 Å². The maximum absolute atomic E-state index is 5.72. The van der Waals surface area contributed by atoms with E-state index in [9.17, 15) is 0 Å². The van der Waals surface area contributed by atoms with Crippen molar-refractivity contribution >= 4 is 34.9 Å². The number of hydrogen-bond acceptors (Lipinski definition) is 6. The summed E-state index contributed by atoms with van der Waals surface area (Å²) in [4.78, 5) is 7.87. The number of nitrogen functional groups attached to an aromatic ring is 2. The van der Waals surface area contributed by atoms with Crippen molar-refractivity contribution in [2.75, 3.05) is 34.5 Å². The van der Waals surface area contributed by atoms with Gasteiger partial charge in [0.2, 0.25) is 5.95 Å². The molecule has 1 aliphatic heterocycles. The summed E-state index contributed by atoms with van der Waals surface area (Å²) in [5, 5.41) is 6.23. The molecule has 0 aromatic carbocycles. The van der Waals surface area contributed by atoms with Gasteiger partial charge < -0.3 is 22.1 Å². The van der Waals surface area contributed by atoms with E-state index < -0.39 is 0 Å². The molecule has 14 heavy (non-hydrogen) atoms. The summed E-state index contributed by atoms with van der Waals surface area (Å²) in [6.45, 7) is 0.701. The zero-order valence-electron chi connectivity index (χ0n) is 7.42. The van der Waals surface area contributed by atoms with Gasteiger partial charge in [0, 0.05) is 12.4 Å². The fourth-order valence-electron chi connectivity index (χ4n) is 1.33. The van der Waals surface area contributed by atoms with E-state index in [2.05, 4.69) is 20.6 Å². The number of nitrogens with zero attached hydrogens (tertiary/aromatic N) is 2. The van der Waals surface area contributed by atoms with Crippen molar-refractivity contribution in [1.82, 2.24) is 9.97 Å². The number of alkyl halides is 1. The molecule has 1 aromatic heterocycles. The normalized spacial score (nSPS) is 19.4. The van der Waals surface area contributed by atoms with E-state index in [1.807, 2.05) is 0 Å². The summed E-state index contributed by atoms with van der Waals surface area (Å²) in [5.74, 6) is 1.64. The van der Waals surface area contributed by atoms with Crippen LogP contribution in [0.5, 0.6) is 0 Å². The first-order valence-electron chi connectivity index (χ1n) is 4.20. The van der Waals surface area contributed by atoms with Crippen molar-refractivity contribution in [2.45, 2.75) is 6.04 Å². The first-order chi connectivity index (χ1) is 6.70. The third kappa shape index (κ3) is 1.48. The van der Waals surface area contributed by atoms with Crippen molar-refractivity contribution in [2.24, 2.45) is 0 Å². The van der Waals surface area contributed by atoms with E-state index in [1.165, 1.54) is 0 Å². The van der Waals surface area contributed by atoms with Crippen LogP contribution in [0.25, 0.3) is 0 Å². The molecular formula is C7H11ClN6. The molecule has 0 amide bonds. The Balaban J connectivity index is 2.37. The van der Waals surface area contributed by atoms with Gasteiger partial charge in [0.1, 0.15) is 5.69 Å². The Kier molecular flexibility index (Phi) is 2.20. The van der Waals surface area contributed by atoms with Gasteiger partial charge in [0.15, 0.2) is 11.6 Å². The van der Waals surface area contributed by atoms with E-state index >= 15 is 0 Å². The predicted molar refractivity (Wildman–Crippen MR) is 57.5 cm³/mol. The van der Waals surface area contributed by atoms with Crippen LogP contribution in [0.2, 0.25) is 0 Å². The molecule has 0 spiro atoms. The maximum atomic E-state index is 5.72. The quantitative estimate of drug-likeness (QED) is 0.494. The number of rotatable bonds is 1. The molecule has 1 unspecified atom stereocenters. The molecule has 0 bridgehead atoms. The molecule has 6 nitrogen and oxygen atoms in total. The minimum Gasteiger partial charge on any atom is -0.382 e. The van der Waals surface area contributed by atoms with Gasteiger partial charge in [-0.1, -0.05) is 0 Å². The van der Waals surface area contributed by atoms with Crippen molar-refractivity contribution < 1.29 is 0 Å². The molecule has 0 aliphatic carbocycles. The summed E-state index contributed by atoms with van der Waals surface area (Å²) < 4.78 is 0. The minimum atomic E-state index is 0.138. The summed E-state index contributed by atoms with van der Waals surface area (Å²) in [7, 11) is 0. The van der Waals surface area contributed by atoms with E-state index in [1.54, 1.807) is 0 Å². The second kappa shape index (κ2) is 3.38. The summed E-state index contributed by atoms with van der Waals surface area (Å²) in [6.07, 6.45) is 0. The topological polar surface area (TPSA) is 102 Å². The van der Waals surface area contributed by atoms with Crippen molar-refractivity contribution in [1.29, 1.82) is 0 Å². The van der Waals surface area contributed by atoms with E-state index in [-0.39, 0.29) is 12.0 Å². The van der Waals surface area contributed by atoms with Crippen LogP contribution >= 0.6 is 11.6 Å². The highest BCUT2D eigenvalue weighted by Crippen LogP contribution is 2.29.